The van der Waals surface area contributed by atoms with Gasteiger partial charge in [0.2, 0.25) is 0 Å². The number of hydrogen-bond donors (Lipinski definition) is 0. The Balaban J connectivity index is 1.70. The van der Waals surface area contributed by atoms with Crippen LogP contribution in [0.15, 0.2) is 47.0 Å². The zero-order chi connectivity index (χ0) is 15.2. The van der Waals surface area contributed by atoms with Gasteiger partial charge in [0.1, 0.15) is 0 Å². The van der Waals surface area contributed by atoms with Gasteiger partial charge in [-0.05, 0) is 49.1 Å². The summed E-state index contributed by atoms with van der Waals surface area (Å²) in [6, 6.07) is 13.0. The predicted molar refractivity (Wildman–Crippen MR) is 97.4 cm³/mol. The first-order chi connectivity index (χ1) is 11.4. The molecule has 1 fully saturated rings. The number of pyridine rings is 1. The van der Waals surface area contributed by atoms with Crippen molar-refractivity contribution in [2.75, 3.05) is 10.7 Å². The summed E-state index contributed by atoms with van der Waals surface area (Å²) in [6.07, 6.45) is 10.8. The maximum atomic E-state index is 4.90. The smallest absolute Gasteiger partial charge is 0.0742 e. The molecular weight excluding hydrogens is 300 g/mol. The van der Waals surface area contributed by atoms with Crippen LogP contribution >= 0.6 is 11.8 Å². The number of rotatable bonds is 2. The second kappa shape index (κ2) is 5.27. The average molecular weight is 318 g/mol. The first kappa shape index (κ1) is 13.4. The second-order valence-corrected chi connectivity index (χ2v) is 7.45. The molecule has 3 aliphatic rings. The van der Waals surface area contributed by atoms with Crippen LogP contribution in [0.5, 0.6) is 0 Å². The summed E-state index contributed by atoms with van der Waals surface area (Å²) in [5, 5.41) is 2.40. The van der Waals surface area contributed by atoms with Crippen LogP contribution in [0, 0.1) is 5.92 Å². The highest BCUT2D eigenvalue weighted by Gasteiger charge is 2.28. The van der Waals surface area contributed by atoms with E-state index in [4.69, 9.17) is 4.98 Å². The van der Waals surface area contributed by atoms with Crippen LogP contribution in [0.4, 0.5) is 5.69 Å². The Labute approximate surface area is 140 Å². The number of thioether (sulfide) groups is 1. The molecule has 2 nitrogen and oxygen atoms in total. The van der Waals surface area contributed by atoms with Crippen LogP contribution in [-0.2, 0) is 0 Å². The molecule has 1 aromatic heterocycles. The van der Waals surface area contributed by atoms with Gasteiger partial charge in [-0.15, -0.1) is 11.8 Å². The van der Waals surface area contributed by atoms with E-state index in [1.165, 1.54) is 46.1 Å². The summed E-state index contributed by atoms with van der Waals surface area (Å²) in [7, 11) is 0. The molecule has 0 saturated heterocycles. The van der Waals surface area contributed by atoms with Crippen molar-refractivity contribution >= 4 is 35.8 Å². The molecule has 1 saturated carbocycles. The number of para-hydroxylation sites is 1. The summed E-state index contributed by atoms with van der Waals surface area (Å²) in [5.74, 6) is 1.72. The minimum absolute atomic E-state index is 0.674. The Bertz CT molecular complexity index is 911. The van der Waals surface area contributed by atoms with E-state index in [2.05, 4.69) is 59.7 Å². The number of hydrogen-bond acceptors (Lipinski definition) is 3. The van der Waals surface area contributed by atoms with Crippen molar-refractivity contribution in [3.05, 3.63) is 58.4 Å². The first-order valence-electron chi connectivity index (χ1n) is 8.30. The van der Waals surface area contributed by atoms with Gasteiger partial charge in [0.25, 0.3) is 0 Å². The first-order valence-corrected chi connectivity index (χ1v) is 9.29. The molecule has 1 aliphatic carbocycles. The quantitative estimate of drug-likeness (QED) is 0.844. The SMILES string of the molecule is C1=C(C2CCC2)N(c2ccccc2)C=c2cc3c(nc21)=CCS3. The molecule has 2 aromatic rings. The number of anilines is 1. The van der Waals surface area contributed by atoms with Crippen molar-refractivity contribution in [1.29, 1.82) is 0 Å². The number of fused-ring (bicyclic) bond motifs is 2. The summed E-state index contributed by atoms with van der Waals surface area (Å²) in [5.41, 5.74) is 3.79. The molecule has 3 heterocycles. The van der Waals surface area contributed by atoms with E-state index in [1.54, 1.807) is 0 Å². The molecule has 0 spiro atoms. The lowest BCUT2D eigenvalue weighted by atomic mass is 9.81. The van der Waals surface area contributed by atoms with Crippen LogP contribution in [-0.4, -0.2) is 10.7 Å². The van der Waals surface area contributed by atoms with E-state index in [0.717, 1.165) is 11.4 Å². The minimum atomic E-state index is 0.674. The van der Waals surface area contributed by atoms with Crippen molar-refractivity contribution < 1.29 is 0 Å². The highest BCUT2D eigenvalue weighted by atomic mass is 32.2. The fraction of sp³-hybridized carbons (Fsp3) is 0.250. The fourth-order valence-electron chi connectivity index (χ4n) is 3.48. The Morgan fingerprint density at radius 3 is 2.78 bits per heavy atom. The molecule has 1 aromatic carbocycles. The molecule has 0 bridgehead atoms. The Kier molecular flexibility index (Phi) is 3.08. The zero-order valence-corrected chi connectivity index (χ0v) is 13.7. The molecule has 0 unspecified atom stereocenters. The molecule has 23 heavy (non-hydrogen) atoms. The molecule has 114 valence electrons. The highest BCUT2D eigenvalue weighted by Crippen LogP contribution is 2.38. The molecule has 0 radical (unpaired) electrons. The molecule has 3 heteroatoms. The summed E-state index contributed by atoms with van der Waals surface area (Å²) in [4.78, 5) is 8.59. The maximum Gasteiger partial charge on any atom is 0.0742 e. The normalized spacial score (nSPS) is 19.1. The van der Waals surface area contributed by atoms with Crippen molar-refractivity contribution in [2.45, 2.75) is 24.2 Å². The zero-order valence-electron chi connectivity index (χ0n) is 12.9. The molecule has 0 atom stereocenters. The predicted octanol–water partition coefficient (Wildman–Crippen LogP) is 3.37. The number of allylic oxidation sites excluding steroid dienone is 1. The van der Waals surface area contributed by atoms with Crippen LogP contribution < -0.4 is 15.5 Å². The van der Waals surface area contributed by atoms with Crippen LogP contribution in [0.1, 0.15) is 25.0 Å². The van der Waals surface area contributed by atoms with Gasteiger partial charge in [-0.2, -0.15) is 0 Å². The van der Waals surface area contributed by atoms with E-state index < -0.39 is 0 Å². The van der Waals surface area contributed by atoms with Gasteiger partial charge in [0.15, 0.2) is 0 Å². The van der Waals surface area contributed by atoms with Gasteiger partial charge in [0, 0.05) is 33.5 Å². The molecule has 5 rings (SSSR count). The minimum Gasteiger partial charge on any atom is -0.320 e. The third-order valence-corrected chi connectivity index (χ3v) is 5.95. The summed E-state index contributed by atoms with van der Waals surface area (Å²) in [6.45, 7) is 0. The lowest BCUT2D eigenvalue weighted by Gasteiger charge is -2.36. The lowest BCUT2D eigenvalue weighted by molar-refractivity contribution is 0.366. The Hall–Kier alpha value is -2.00. The molecular formula is C20H18N2S. The van der Waals surface area contributed by atoms with E-state index in [1.807, 2.05) is 11.8 Å². The fourth-order valence-corrected chi connectivity index (χ4v) is 4.39. The highest BCUT2D eigenvalue weighted by molar-refractivity contribution is 7.99. The van der Waals surface area contributed by atoms with Gasteiger partial charge in [-0.3, -0.25) is 0 Å². The van der Waals surface area contributed by atoms with Gasteiger partial charge in [-0.25, -0.2) is 4.98 Å². The van der Waals surface area contributed by atoms with Gasteiger partial charge < -0.3 is 4.90 Å². The topological polar surface area (TPSA) is 16.1 Å². The Morgan fingerprint density at radius 1 is 1.13 bits per heavy atom. The van der Waals surface area contributed by atoms with Crippen molar-refractivity contribution in [3.63, 3.8) is 0 Å². The monoisotopic (exact) mass is 318 g/mol. The van der Waals surface area contributed by atoms with E-state index in [0.29, 0.717) is 5.92 Å². The van der Waals surface area contributed by atoms with Crippen molar-refractivity contribution in [2.24, 2.45) is 5.92 Å². The van der Waals surface area contributed by atoms with E-state index >= 15 is 0 Å². The third-order valence-electron chi connectivity index (χ3n) is 4.98. The van der Waals surface area contributed by atoms with E-state index in [9.17, 15) is 0 Å². The standard InChI is InChI=1S/C20H18N2S/c1-2-7-16(8-3-1)22-13-15-11-20-17(9-10-23-20)21-18(15)12-19(22)14-5-4-6-14/h1-3,7-9,11-14H,4-6,10H2. The largest absolute Gasteiger partial charge is 0.320 e. The van der Waals surface area contributed by atoms with Gasteiger partial charge in [0.05, 0.1) is 11.0 Å². The van der Waals surface area contributed by atoms with Crippen LogP contribution in [0.2, 0.25) is 0 Å². The van der Waals surface area contributed by atoms with Crippen molar-refractivity contribution in [3.8, 4) is 0 Å². The maximum absolute atomic E-state index is 4.90. The summed E-state index contributed by atoms with van der Waals surface area (Å²) >= 11 is 1.88. The molecule has 2 aliphatic heterocycles. The number of nitrogens with zero attached hydrogens (tertiary/aromatic N) is 2. The Morgan fingerprint density at radius 2 is 2.00 bits per heavy atom. The number of benzene rings is 1. The van der Waals surface area contributed by atoms with E-state index in [-0.39, 0.29) is 0 Å². The molecule has 0 N–H and O–H groups in total. The van der Waals surface area contributed by atoms with Crippen molar-refractivity contribution in [1.82, 2.24) is 4.98 Å². The molecule has 0 amide bonds. The summed E-state index contributed by atoms with van der Waals surface area (Å²) < 4.78 is 0. The van der Waals surface area contributed by atoms with Crippen LogP contribution in [0.25, 0.3) is 18.4 Å². The van der Waals surface area contributed by atoms with Gasteiger partial charge in [-0.1, -0.05) is 24.6 Å². The third kappa shape index (κ3) is 2.22. The average Bonchev–Trinajstić information content (AvgIpc) is 2.98. The lowest BCUT2D eigenvalue weighted by Crippen LogP contribution is -2.33. The number of aromatic nitrogens is 1. The second-order valence-electron chi connectivity index (χ2n) is 6.39. The van der Waals surface area contributed by atoms with Gasteiger partial charge >= 0.3 is 0 Å². The van der Waals surface area contributed by atoms with Crippen LogP contribution in [0.3, 0.4) is 0 Å².